The molecule has 2 rings (SSSR count). The van der Waals surface area contributed by atoms with E-state index in [9.17, 15) is 0 Å². The maximum Gasteiger partial charge on any atom is 0.137 e. The molecule has 96 valence electrons. The lowest BCUT2D eigenvalue weighted by atomic mass is 10.1. The summed E-state index contributed by atoms with van der Waals surface area (Å²) < 4.78 is 5.56. The Hall–Kier alpha value is -3.04. The van der Waals surface area contributed by atoms with Crippen LogP contribution in [0.5, 0.6) is 0 Å². The summed E-state index contributed by atoms with van der Waals surface area (Å²) >= 11 is 0. The smallest absolute Gasteiger partial charge is 0.137 e. The van der Waals surface area contributed by atoms with Crippen LogP contribution in [0.3, 0.4) is 0 Å². The molecule has 0 spiro atoms. The molecule has 1 aliphatic rings. The second-order valence-electron chi connectivity index (χ2n) is 4.20. The third-order valence-corrected chi connectivity index (χ3v) is 2.69. The van der Waals surface area contributed by atoms with Crippen LogP contribution < -0.4 is 0 Å². The molecule has 3 nitrogen and oxygen atoms in total. The molecule has 1 aliphatic heterocycles. The first-order chi connectivity index (χ1) is 9.72. The normalized spacial score (nSPS) is 13.8. The molecule has 0 N–H and O–H groups in total. The zero-order chi connectivity index (χ0) is 14.4. The minimum absolute atomic E-state index is 0.0817. The van der Waals surface area contributed by atoms with Gasteiger partial charge in [0.05, 0.1) is 0 Å². The van der Waals surface area contributed by atoms with Crippen LogP contribution in [0.1, 0.15) is 12.5 Å². The summed E-state index contributed by atoms with van der Waals surface area (Å²) in [5, 5.41) is 17.8. The molecule has 0 fully saturated rings. The molecule has 0 bridgehead atoms. The van der Waals surface area contributed by atoms with E-state index in [2.05, 4.69) is 0 Å². The highest BCUT2D eigenvalue weighted by Crippen LogP contribution is 2.22. The molecule has 0 unspecified atom stereocenters. The number of nitriles is 2. The van der Waals surface area contributed by atoms with Crippen molar-refractivity contribution in [3.63, 3.8) is 0 Å². The number of rotatable bonds is 2. The van der Waals surface area contributed by atoms with Gasteiger partial charge in [-0.15, -0.1) is 0 Å². The average molecular weight is 260 g/mol. The minimum atomic E-state index is 0.0817. The third-order valence-electron chi connectivity index (χ3n) is 2.69. The molecular formula is C17H12N2O. The zero-order valence-corrected chi connectivity index (χ0v) is 11.0. The van der Waals surface area contributed by atoms with E-state index in [4.69, 9.17) is 15.3 Å². The Morgan fingerprint density at radius 3 is 2.40 bits per heavy atom. The van der Waals surface area contributed by atoms with E-state index in [-0.39, 0.29) is 5.57 Å². The van der Waals surface area contributed by atoms with Gasteiger partial charge in [0.25, 0.3) is 0 Å². The maximum atomic E-state index is 8.91. The van der Waals surface area contributed by atoms with Crippen LogP contribution in [0.2, 0.25) is 0 Å². The second-order valence-corrected chi connectivity index (χ2v) is 4.20. The van der Waals surface area contributed by atoms with Gasteiger partial charge in [0, 0.05) is 5.57 Å². The second kappa shape index (κ2) is 6.22. The Bertz CT molecular complexity index is 692. The predicted octanol–water partition coefficient (Wildman–Crippen LogP) is 3.86. The summed E-state index contributed by atoms with van der Waals surface area (Å²) in [5.74, 6) is 1.25. The summed E-state index contributed by atoms with van der Waals surface area (Å²) in [7, 11) is 0. The molecule has 1 heterocycles. The van der Waals surface area contributed by atoms with Crippen LogP contribution in [0.25, 0.3) is 6.08 Å². The average Bonchev–Trinajstić information content (AvgIpc) is 2.47. The Kier molecular flexibility index (Phi) is 4.17. The van der Waals surface area contributed by atoms with Crippen molar-refractivity contribution in [2.24, 2.45) is 0 Å². The van der Waals surface area contributed by atoms with Gasteiger partial charge >= 0.3 is 0 Å². The van der Waals surface area contributed by atoms with Gasteiger partial charge < -0.3 is 4.74 Å². The number of allylic oxidation sites excluding steroid dienone is 6. The van der Waals surface area contributed by atoms with Crippen LogP contribution >= 0.6 is 0 Å². The van der Waals surface area contributed by atoms with Gasteiger partial charge in [-0.1, -0.05) is 36.4 Å². The van der Waals surface area contributed by atoms with Gasteiger partial charge in [-0.2, -0.15) is 10.5 Å². The molecule has 0 aliphatic carbocycles. The Morgan fingerprint density at radius 2 is 1.75 bits per heavy atom. The highest BCUT2D eigenvalue weighted by molar-refractivity contribution is 5.56. The summed E-state index contributed by atoms with van der Waals surface area (Å²) in [4.78, 5) is 0. The SMILES string of the molecule is CC1=CC(=C(C#N)C#N)C=C(/C=C/c2ccccc2)O1. The molecule has 1 aromatic rings. The third kappa shape index (κ3) is 3.25. The lowest BCUT2D eigenvalue weighted by molar-refractivity contribution is 0.318. The van der Waals surface area contributed by atoms with Gasteiger partial charge in [0.2, 0.25) is 0 Å². The van der Waals surface area contributed by atoms with Crippen molar-refractivity contribution >= 4 is 6.08 Å². The molecule has 0 aromatic heterocycles. The first-order valence-electron chi connectivity index (χ1n) is 6.08. The van der Waals surface area contributed by atoms with Crippen molar-refractivity contribution in [3.05, 3.63) is 76.8 Å². The van der Waals surface area contributed by atoms with Gasteiger partial charge in [0.1, 0.15) is 29.2 Å². The fourth-order valence-corrected chi connectivity index (χ4v) is 1.78. The molecule has 0 saturated carbocycles. The van der Waals surface area contributed by atoms with E-state index < -0.39 is 0 Å². The van der Waals surface area contributed by atoms with Crippen molar-refractivity contribution in [3.8, 4) is 12.1 Å². The Morgan fingerprint density at radius 1 is 1.05 bits per heavy atom. The van der Waals surface area contributed by atoms with Crippen molar-refractivity contribution in [2.45, 2.75) is 6.92 Å². The predicted molar refractivity (Wildman–Crippen MR) is 76.7 cm³/mol. The Labute approximate surface area is 118 Å². The first kappa shape index (κ1) is 13.4. The van der Waals surface area contributed by atoms with Crippen molar-refractivity contribution in [1.82, 2.24) is 0 Å². The lowest BCUT2D eigenvalue weighted by Crippen LogP contribution is -1.97. The number of hydrogen-bond acceptors (Lipinski definition) is 3. The maximum absolute atomic E-state index is 8.91. The molecule has 0 saturated heterocycles. The Balaban J connectivity index is 2.30. The summed E-state index contributed by atoms with van der Waals surface area (Å²) in [6.07, 6.45) is 7.11. The van der Waals surface area contributed by atoms with E-state index >= 15 is 0 Å². The highest BCUT2D eigenvalue weighted by Gasteiger charge is 2.10. The molecule has 0 amide bonds. The van der Waals surface area contributed by atoms with Crippen molar-refractivity contribution < 1.29 is 4.74 Å². The topological polar surface area (TPSA) is 56.8 Å². The molecule has 20 heavy (non-hydrogen) atoms. The van der Waals surface area contributed by atoms with E-state index in [1.54, 1.807) is 19.1 Å². The van der Waals surface area contributed by atoms with E-state index in [0.717, 1.165) is 5.56 Å². The first-order valence-corrected chi connectivity index (χ1v) is 6.08. The van der Waals surface area contributed by atoms with Gasteiger partial charge in [-0.3, -0.25) is 0 Å². The van der Waals surface area contributed by atoms with Gasteiger partial charge in [-0.05, 0) is 30.7 Å². The van der Waals surface area contributed by atoms with E-state index in [1.165, 1.54) is 0 Å². The number of ether oxygens (including phenoxy) is 1. The number of benzene rings is 1. The van der Waals surface area contributed by atoms with Crippen molar-refractivity contribution in [2.75, 3.05) is 0 Å². The summed E-state index contributed by atoms with van der Waals surface area (Å²) in [5.41, 5.74) is 1.71. The number of hydrogen-bond donors (Lipinski definition) is 0. The van der Waals surface area contributed by atoms with Crippen LogP contribution in [0.15, 0.2) is 71.2 Å². The molecule has 0 radical (unpaired) electrons. The van der Waals surface area contributed by atoms with Gasteiger partial charge in [-0.25, -0.2) is 0 Å². The summed E-state index contributed by atoms with van der Waals surface area (Å²) in [6.45, 7) is 1.79. The van der Waals surface area contributed by atoms with Crippen LogP contribution in [0, 0.1) is 22.7 Å². The van der Waals surface area contributed by atoms with Crippen LogP contribution in [0.4, 0.5) is 0 Å². The summed E-state index contributed by atoms with van der Waals surface area (Å²) in [6, 6.07) is 13.6. The standard InChI is InChI=1S/C17H12N2O/c1-13-9-15(16(11-18)12-19)10-17(20-13)8-7-14-5-3-2-4-6-14/h2-10H,1H3/b8-7+. The molecule has 3 heteroatoms. The van der Waals surface area contributed by atoms with Gasteiger partial charge in [0.15, 0.2) is 0 Å². The highest BCUT2D eigenvalue weighted by atomic mass is 16.5. The quantitative estimate of drug-likeness (QED) is 0.758. The number of nitrogens with zero attached hydrogens (tertiary/aromatic N) is 2. The molecular weight excluding hydrogens is 248 g/mol. The lowest BCUT2D eigenvalue weighted by Gasteiger charge is -2.13. The fraction of sp³-hybridized carbons (Fsp3) is 0.0588. The largest absolute Gasteiger partial charge is 0.462 e. The fourth-order valence-electron chi connectivity index (χ4n) is 1.78. The van der Waals surface area contributed by atoms with Crippen LogP contribution in [-0.2, 0) is 4.74 Å². The molecule has 0 atom stereocenters. The minimum Gasteiger partial charge on any atom is -0.462 e. The zero-order valence-electron chi connectivity index (χ0n) is 11.0. The van der Waals surface area contributed by atoms with E-state index in [0.29, 0.717) is 17.1 Å². The monoisotopic (exact) mass is 260 g/mol. The van der Waals surface area contributed by atoms with Crippen molar-refractivity contribution in [1.29, 1.82) is 10.5 Å². The van der Waals surface area contributed by atoms with E-state index in [1.807, 2.05) is 54.6 Å². The van der Waals surface area contributed by atoms with Crippen LogP contribution in [-0.4, -0.2) is 0 Å². The molecule has 1 aromatic carbocycles.